The average Bonchev–Trinajstić information content (AvgIpc) is 2.01. The highest BCUT2D eigenvalue weighted by molar-refractivity contribution is 5.36. The zero-order valence-corrected chi connectivity index (χ0v) is 7.57. The lowest BCUT2D eigenvalue weighted by molar-refractivity contribution is 0.0835. The lowest BCUT2D eigenvalue weighted by atomic mass is 9.89. The minimum atomic E-state index is -0.125. The van der Waals surface area contributed by atoms with Crippen molar-refractivity contribution in [1.29, 1.82) is 0 Å². The number of aromatic nitrogens is 2. The number of aliphatic hydroxyl groups excluding tert-OH is 1. The number of hydrogen-bond donors (Lipinski definition) is 2. The summed E-state index contributed by atoms with van der Waals surface area (Å²) in [5.41, 5.74) is 0.956. The third-order valence-electron chi connectivity index (χ3n) is 2.27. The Labute approximate surface area is 77.0 Å². The van der Waals surface area contributed by atoms with E-state index in [4.69, 9.17) is 5.11 Å². The van der Waals surface area contributed by atoms with Crippen molar-refractivity contribution in [3.8, 4) is 0 Å². The standard InChI is InChI=1S/C9H13N3O/c1-6-2-9(11-5-10-6)12-7-3-8(13)4-7/h2,5,7-8,13H,3-4H2,1H3,(H,10,11,12). The zero-order chi connectivity index (χ0) is 9.26. The smallest absolute Gasteiger partial charge is 0.129 e. The molecule has 1 fully saturated rings. The van der Waals surface area contributed by atoms with Crippen molar-refractivity contribution >= 4 is 5.82 Å². The third kappa shape index (κ3) is 1.95. The highest BCUT2D eigenvalue weighted by Crippen LogP contribution is 2.22. The van der Waals surface area contributed by atoms with Crippen LogP contribution in [0.1, 0.15) is 18.5 Å². The van der Waals surface area contributed by atoms with Gasteiger partial charge in [-0.15, -0.1) is 0 Å². The van der Waals surface area contributed by atoms with Gasteiger partial charge in [0, 0.05) is 17.8 Å². The van der Waals surface area contributed by atoms with Crippen LogP contribution in [0.15, 0.2) is 12.4 Å². The van der Waals surface area contributed by atoms with E-state index >= 15 is 0 Å². The zero-order valence-electron chi connectivity index (χ0n) is 7.57. The average molecular weight is 179 g/mol. The van der Waals surface area contributed by atoms with Gasteiger partial charge < -0.3 is 10.4 Å². The Bertz CT molecular complexity index is 297. The highest BCUT2D eigenvalue weighted by atomic mass is 16.3. The first-order valence-electron chi connectivity index (χ1n) is 4.47. The predicted molar refractivity (Wildman–Crippen MR) is 49.4 cm³/mol. The van der Waals surface area contributed by atoms with Gasteiger partial charge in [0.05, 0.1) is 6.10 Å². The van der Waals surface area contributed by atoms with Crippen LogP contribution < -0.4 is 5.32 Å². The number of nitrogens with zero attached hydrogens (tertiary/aromatic N) is 2. The van der Waals surface area contributed by atoms with E-state index in [2.05, 4.69) is 15.3 Å². The maximum atomic E-state index is 9.08. The number of rotatable bonds is 2. The molecule has 0 unspecified atom stereocenters. The first-order valence-corrected chi connectivity index (χ1v) is 4.47. The van der Waals surface area contributed by atoms with Crippen LogP contribution in [0.25, 0.3) is 0 Å². The fourth-order valence-corrected chi connectivity index (χ4v) is 1.45. The molecule has 1 aliphatic rings. The van der Waals surface area contributed by atoms with Gasteiger partial charge in [-0.25, -0.2) is 9.97 Å². The van der Waals surface area contributed by atoms with E-state index in [1.807, 2.05) is 13.0 Å². The Kier molecular flexibility index (Phi) is 2.14. The van der Waals surface area contributed by atoms with Gasteiger partial charge in [0.25, 0.3) is 0 Å². The summed E-state index contributed by atoms with van der Waals surface area (Å²) in [6.45, 7) is 1.93. The molecule has 2 rings (SSSR count). The topological polar surface area (TPSA) is 58.0 Å². The number of aryl methyl sites for hydroxylation is 1. The molecule has 1 aliphatic carbocycles. The number of nitrogens with one attached hydrogen (secondary N) is 1. The summed E-state index contributed by atoms with van der Waals surface area (Å²) >= 11 is 0. The van der Waals surface area contributed by atoms with Crippen molar-refractivity contribution in [2.24, 2.45) is 0 Å². The van der Waals surface area contributed by atoms with Gasteiger partial charge in [0.2, 0.25) is 0 Å². The molecule has 1 aromatic heterocycles. The predicted octanol–water partition coefficient (Wildman–Crippen LogP) is 0.720. The summed E-state index contributed by atoms with van der Waals surface area (Å²) < 4.78 is 0. The van der Waals surface area contributed by atoms with Crippen molar-refractivity contribution in [1.82, 2.24) is 9.97 Å². The largest absolute Gasteiger partial charge is 0.393 e. The Morgan fingerprint density at radius 3 is 2.85 bits per heavy atom. The Morgan fingerprint density at radius 2 is 2.23 bits per heavy atom. The Hall–Kier alpha value is -1.16. The Morgan fingerprint density at radius 1 is 1.46 bits per heavy atom. The second-order valence-corrected chi connectivity index (χ2v) is 3.51. The van der Waals surface area contributed by atoms with Gasteiger partial charge in [0.15, 0.2) is 0 Å². The lowest BCUT2D eigenvalue weighted by Crippen LogP contribution is -2.39. The molecule has 0 aromatic carbocycles. The molecule has 70 valence electrons. The molecule has 0 spiro atoms. The van der Waals surface area contributed by atoms with Crippen LogP contribution in [-0.4, -0.2) is 27.2 Å². The van der Waals surface area contributed by atoms with Crippen LogP contribution in [0.4, 0.5) is 5.82 Å². The molecule has 0 saturated heterocycles. The lowest BCUT2D eigenvalue weighted by Gasteiger charge is -2.32. The molecule has 0 radical (unpaired) electrons. The molecule has 0 atom stereocenters. The first kappa shape index (κ1) is 8.44. The summed E-state index contributed by atoms with van der Waals surface area (Å²) in [6, 6.07) is 2.29. The molecular weight excluding hydrogens is 166 g/mol. The van der Waals surface area contributed by atoms with Gasteiger partial charge in [-0.2, -0.15) is 0 Å². The molecule has 1 aromatic rings. The summed E-state index contributed by atoms with van der Waals surface area (Å²) in [5, 5.41) is 12.3. The fourth-order valence-electron chi connectivity index (χ4n) is 1.45. The fraction of sp³-hybridized carbons (Fsp3) is 0.556. The normalized spacial score (nSPS) is 26.6. The van der Waals surface area contributed by atoms with Crippen molar-refractivity contribution < 1.29 is 5.11 Å². The van der Waals surface area contributed by atoms with Crippen molar-refractivity contribution in [2.45, 2.75) is 31.9 Å². The van der Waals surface area contributed by atoms with Crippen LogP contribution in [-0.2, 0) is 0 Å². The maximum absolute atomic E-state index is 9.08. The molecule has 0 amide bonds. The van der Waals surface area contributed by atoms with Gasteiger partial charge in [0.1, 0.15) is 12.1 Å². The van der Waals surface area contributed by atoms with E-state index in [0.29, 0.717) is 6.04 Å². The van der Waals surface area contributed by atoms with Gasteiger partial charge in [-0.05, 0) is 19.8 Å². The monoisotopic (exact) mass is 179 g/mol. The van der Waals surface area contributed by atoms with Crippen molar-refractivity contribution in [3.05, 3.63) is 18.1 Å². The number of hydrogen-bond acceptors (Lipinski definition) is 4. The SMILES string of the molecule is Cc1cc(NC2CC(O)C2)ncn1. The molecule has 13 heavy (non-hydrogen) atoms. The maximum Gasteiger partial charge on any atom is 0.129 e. The molecule has 4 nitrogen and oxygen atoms in total. The van der Waals surface area contributed by atoms with Crippen molar-refractivity contribution in [3.63, 3.8) is 0 Å². The van der Waals surface area contributed by atoms with E-state index in [0.717, 1.165) is 24.4 Å². The van der Waals surface area contributed by atoms with Crippen molar-refractivity contribution in [2.75, 3.05) is 5.32 Å². The minimum absolute atomic E-state index is 0.125. The number of aliphatic hydroxyl groups is 1. The molecule has 0 aliphatic heterocycles. The van der Waals surface area contributed by atoms with Crippen LogP contribution in [0, 0.1) is 6.92 Å². The quantitative estimate of drug-likeness (QED) is 0.702. The summed E-state index contributed by atoms with van der Waals surface area (Å²) in [6.07, 6.45) is 3.07. The van der Waals surface area contributed by atoms with E-state index in [-0.39, 0.29) is 6.10 Å². The van der Waals surface area contributed by atoms with E-state index in [1.54, 1.807) is 6.33 Å². The summed E-state index contributed by atoms with van der Waals surface area (Å²) in [7, 11) is 0. The van der Waals surface area contributed by atoms with Gasteiger partial charge in [-0.3, -0.25) is 0 Å². The van der Waals surface area contributed by atoms with Gasteiger partial charge >= 0.3 is 0 Å². The summed E-state index contributed by atoms with van der Waals surface area (Å²) in [5.74, 6) is 0.851. The third-order valence-corrected chi connectivity index (χ3v) is 2.27. The van der Waals surface area contributed by atoms with E-state index in [1.165, 1.54) is 0 Å². The van der Waals surface area contributed by atoms with Crippen LogP contribution >= 0.6 is 0 Å². The minimum Gasteiger partial charge on any atom is -0.393 e. The molecule has 1 heterocycles. The van der Waals surface area contributed by atoms with Gasteiger partial charge in [-0.1, -0.05) is 0 Å². The molecule has 4 heteroatoms. The molecule has 1 saturated carbocycles. The van der Waals surface area contributed by atoms with Crippen LogP contribution in [0.5, 0.6) is 0 Å². The Balaban J connectivity index is 1.94. The highest BCUT2D eigenvalue weighted by Gasteiger charge is 2.26. The van der Waals surface area contributed by atoms with E-state index in [9.17, 15) is 0 Å². The summed E-state index contributed by atoms with van der Waals surface area (Å²) in [4.78, 5) is 8.09. The second-order valence-electron chi connectivity index (χ2n) is 3.51. The van der Waals surface area contributed by atoms with E-state index < -0.39 is 0 Å². The second kappa shape index (κ2) is 3.30. The number of anilines is 1. The molecule has 2 N–H and O–H groups in total. The van der Waals surface area contributed by atoms with Crippen LogP contribution in [0.2, 0.25) is 0 Å². The first-order chi connectivity index (χ1) is 6.24. The molecule has 0 bridgehead atoms. The molecular formula is C9H13N3O. The van der Waals surface area contributed by atoms with Crippen LogP contribution in [0.3, 0.4) is 0 Å².